The maximum Gasteiger partial charge on any atom is 0.238 e. The Labute approximate surface area is 132 Å². The molecule has 0 atom stereocenters. The summed E-state index contributed by atoms with van der Waals surface area (Å²) in [6, 6.07) is 5.62. The second-order valence-corrected chi connectivity index (χ2v) is 6.83. The van der Waals surface area contributed by atoms with Crippen LogP contribution in [0, 0.1) is 0 Å². The number of benzene rings is 1. The van der Waals surface area contributed by atoms with Gasteiger partial charge < -0.3 is 5.32 Å². The lowest BCUT2D eigenvalue weighted by Gasteiger charge is -2.05. The zero-order valence-corrected chi connectivity index (χ0v) is 13.4. The Kier molecular flexibility index (Phi) is 5.16. The van der Waals surface area contributed by atoms with Gasteiger partial charge in [-0.1, -0.05) is 18.7 Å². The van der Waals surface area contributed by atoms with Crippen LogP contribution in [0.25, 0.3) is 0 Å². The molecule has 2 rings (SSSR count). The zero-order chi connectivity index (χ0) is 16.2. The third kappa shape index (κ3) is 4.55. The second kappa shape index (κ2) is 6.90. The van der Waals surface area contributed by atoms with Crippen molar-refractivity contribution >= 4 is 33.4 Å². The van der Waals surface area contributed by atoms with Gasteiger partial charge >= 0.3 is 0 Å². The summed E-state index contributed by atoms with van der Waals surface area (Å²) in [5.41, 5.74) is 0.488. The number of aromatic nitrogens is 3. The number of nitrogens with one attached hydrogen (secondary N) is 2. The third-order valence-corrected chi connectivity index (χ3v) is 4.42. The van der Waals surface area contributed by atoms with E-state index < -0.39 is 10.0 Å². The number of aromatic amines is 1. The highest BCUT2D eigenvalue weighted by atomic mass is 32.2. The number of carbonyl (C=O) groups excluding carboxylic acids is 1. The van der Waals surface area contributed by atoms with Crippen molar-refractivity contribution in [2.45, 2.75) is 23.4 Å². The molecular weight excluding hydrogens is 326 g/mol. The largest absolute Gasteiger partial charge is 0.325 e. The van der Waals surface area contributed by atoms with Crippen LogP contribution in [0.4, 0.5) is 5.69 Å². The van der Waals surface area contributed by atoms with Crippen molar-refractivity contribution in [2.24, 2.45) is 5.14 Å². The Balaban J connectivity index is 1.89. The van der Waals surface area contributed by atoms with Gasteiger partial charge in [0.15, 0.2) is 0 Å². The summed E-state index contributed by atoms with van der Waals surface area (Å²) in [6.45, 7) is 1.95. The number of thioether (sulfide) groups is 1. The Morgan fingerprint density at radius 2 is 2.05 bits per heavy atom. The molecule has 1 heterocycles. The van der Waals surface area contributed by atoms with E-state index in [0.29, 0.717) is 10.8 Å². The number of carbonyl (C=O) groups is 1. The lowest BCUT2D eigenvalue weighted by molar-refractivity contribution is -0.113. The van der Waals surface area contributed by atoms with Crippen LogP contribution in [-0.2, 0) is 21.2 Å². The number of rotatable bonds is 6. The summed E-state index contributed by atoms with van der Waals surface area (Å²) in [7, 11) is -3.73. The molecule has 0 saturated heterocycles. The predicted octanol–water partition coefficient (Wildman–Crippen LogP) is 0.745. The van der Waals surface area contributed by atoms with Gasteiger partial charge in [-0.25, -0.2) is 18.5 Å². The monoisotopic (exact) mass is 341 g/mol. The van der Waals surface area contributed by atoms with Gasteiger partial charge in [0.05, 0.1) is 10.6 Å². The average molecular weight is 341 g/mol. The number of nitrogens with zero attached hydrogens (tertiary/aromatic N) is 2. The average Bonchev–Trinajstić information content (AvgIpc) is 2.93. The van der Waals surface area contributed by atoms with Crippen LogP contribution in [-0.4, -0.2) is 35.3 Å². The Morgan fingerprint density at radius 3 is 2.59 bits per heavy atom. The number of primary sulfonamides is 1. The zero-order valence-electron chi connectivity index (χ0n) is 11.7. The van der Waals surface area contributed by atoms with Gasteiger partial charge in [0.1, 0.15) is 5.82 Å². The molecule has 1 amide bonds. The summed E-state index contributed by atoms with van der Waals surface area (Å²) in [6.07, 6.45) is 0.746. The molecule has 0 aliphatic heterocycles. The SMILES string of the molecule is CCc1nc(SCC(=O)Nc2ccc(S(N)(=O)=O)cc2)n[nH]1. The quantitative estimate of drug-likeness (QED) is 0.664. The van der Waals surface area contributed by atoms with E-state index in [2.05, 4.69) is 20.5 Å². The number of H-pyrrole nitrogens is 1. The van der Waals surface area contributed by atoms with Crippen molar-refractivity contribution in [1.82, 2.24) is 15.2 Å². The molecule has 2 aromatic rings. The molecule has 22 heavy (non-hydrogen) atoms. The highest BCUT2D eigenvalue weighted by Crippen LogP contribution is 2.15. The first-order valence-electron chi connectivity index (χ1n) is 6.35. The third-order valence-electron chi connectivity index (χ3n) is 2.65. The van der Waals surface area contributed by atoms with Crippen molar-refractivity contribution in [3.63, 3.8) is 0 Å². The summed E-state index contributed by atoms with van der Waals surface area (Å²) in [4.78, 5) is 16.0. The van der Waals surface area contributed by atoms with Crippen LogP contribution in [0.5, 0.6) is 0 Å². The lowest BCUT2D eigenvalue weighted by atomic mass is 10.3. The first-order valence-corrected chi connectivity index (χ1v) is 8.88. The van der Waals surface area contributed by atoms with Crippen LogP contribution >= 0.6 is 11.8 Å². The fraction of sp³-hybridized carbons (Fsp3) is 0.250. The van der Waals surface area contributed by atoms with Crippen LogP contribution in [0.3, 0.4) is 0 Å². The Bertz CT molecular complexity index is 755. The Hall–Kier alpha value is -1.91. The number of amides is 1. The van der Waals surface area contributed by atoms with E-state index in [0.717, 1.165) is 12.2 Å². The molecule has 0 spiro atoms. The van der Waals surface area contributed by atoms with E-state index >= 15 is 0 Å². The molecule has 0 radical (unpaired) electrons. The van der Waals surface area contributed by atoms with Crippen LogP contribution < -0.4 is 10.5 Å². The maximum atomic E-state index is 11.8. The lowest BCUT2D eigenvalue weighted by Crippen LogP contribution is -2.15. The van der Waals surface area contributed by atoms with Crippen LogP contribution in [0.2, 0.25) is 0 Å². The molecule has 118 valence electrons. The van der Waals surface area contributed by atoms with Gasteiger partial charge in [-0.2, -0.15) is 0 Å². The van der Waals surface area contributed by atoms with E-state index in [1.165, 1.54) is 36.0 Å². The van der Waals surface area contributed by atoms with Crippen molar-refractivity contribution < 1.29 is 13.2 Å². The molecule has 10 heteroatoms. The predicted molar refractivity (Wildman–Crippen MR) is 82.9 cm³/mol. The number of hydrogen-bond acceptors (Lipinski definition) is 6. The maximum absolute atomic E-state index is 11.8. The minimum absolute atomic E-state index is 0.00677. The van der Waals surface area contributed by atoms with Gasteiger partial charge in [0.25, 0.3) is 0 Å². The minimum Gasteiger partial charge on any atom is -0.325 e. The number of aryl methyl sites for hydroxylation is 1. The first kappa shape index (κ1) is 16.5. The van der Waals surface area contributed by atoms with Crippen LogP contribution in [0.1, 0.15) is 12.7 Å². The molecular formula is C12H15N5O3S2. The van der Waals surface area contributed by atoms with E-state index in [-0.39, 0.29) is 16.6 Å². The van der Waals surface area contributed by atoms with Gasteiger partial charge in [-0.15, -0.1) is 5.10 Å². The molecule has 1 aromatic carbocycles. The van der Waals surface area contributed by atoms with Gasteiger partial charge in [-0.3, -0.25) is 9.89 Å². The smallest absolute Gasteiger partial charge is 0.238 e. The van der Waals surface area contributed by atoms with Crippen LogP contribution in [0.15, 0.2) is 34.3 Å². The molecule has 0 fully saturated rings. The molecule has 1 aromatic heterocycles. The van der Waals surface area contributed by atoms with Gasteiger partial charge in [0, 0.05) is 12.1 Å². The second-order valence-electron chi connectivity index (χ2n) is 4.32. The molecule has 8 nitrogen and oxygen atoms in total. The summed E-state index contributed by atoms with van der Waals surface area (Å²) in [5.74, 6) is 0.676. The number of hydrogen-bond donors (Lipinski definition) is 3. The molecule has 4 N–H and O–H groups in total. The number of anilines is 1. The molecule has 0 aliphatic carbocycles. The summed E-state index contributed by atoms with van der Waals surface area (Å²) in [5, 5.41) is 14.9. The number of nitrogens with two attached hydrogens (primary N) is 1. The summed E-state index contributed by atoms with van der Waals surface area (Å²) >= 11 is 1.21. The van der Waals surface area contributed by atoms with Gasteiger partial charge in [0.2, 0.25) is 21.1 Å². The topological polar surface area (TPSA) is 131 Å². The minimum atomic E-state index is -3.73. The standard InChI is InChI=1S/C12H15N5O3S2/c1-2-10-15-12(17-16-10)21-7-11(18)14-8-3-5-9(6-4-8)22(13,19)20/h3-6H,2,7H2,1H3,(H,14,18)(H2,13,19,20)(H,15,16,17). The molecule has 0 unspecified atom stereocenters. The van der Waals surface area contributed by atoms with Crippen molar-refractivity contribution in [2.75, 3.05) is 11.1 Å². The highest BCUT2D eigenvalue weighted by molar-refractivity contribution is 7.99. The molecule has 0 saturated carbocycles. The fourth-order valence-electron chi connectivity index (χ4n) is 1.56. The number of sulfonamides is 1. The summed E-state index contributed by atoms with van der Waals surface area (Å²) < 4.78 is 22.2. The first-order chi connectivity index (χ1) is 10.4. The highest BCUT2D eigenvalue weighted by Gasteiger charge is 2.09. The van der Waals surface area contributed by atoms with E-state index in [9.17, 15) is 13.2 Å². The van der Waals surface area contributed by atoms with E-state index in [1.807, 2.05) is 6.92 Å². The Morgan fingerprint density at radius 1 is 1.36 bits per heavy atom. The van der Waals surface area contributed by atoms with E-state index in [1.54, 1.807) is 0 Å². The fourth-order valence-corrected chi connectivity index (χ4v) is 2.69. The van der Waals surface area contributed by atoms with Gasteiger partial charge in [-0.05, 0) is 24.3 Å². The normalized spacial score (nSPS) is 11.4. The van der Waals surface area contributed by atoms with Crippen molar-refractivity contribution in [3.8, 4) is 0 Å². The van der Waals surface area contributed by atoms with E-state index in [4.69, 9.17) is 5.14 Å². The van der Waals surface area contributed by atoms with Crippen molar-refractivity contribution in [1.29, 1.82) is 0 Å². The molecule has 0 aliphatic rings. The molecule has 0 bridgehead atoms. The van der Waals surface area contributed by atoms with Crippen molar-refractivity contribution in [3.05, 3.63) is 30.1 Å².